The Hall–Kier alpha value is -0.470. The first kappa shape index (κ1) is 13.5. The third-order valence-corrected chi connectivity index (χ3v) is 2.77. The highest BCUT2D eigenvalue weighted by Gasteiger charge is 2.17. The Labute approximate surface area is 92.3 Å². The van der Waals surface area contributed by atoms with E-state index in [0.717, 1.165) is 17.9 Å². The Balaban J connectivity index is 0.00000169. The number of hydrogen-bond acceptors (Lipinski definition) is 2. The lowest BCUT2D eigenvalue weighted by Gasteiger charge is -2.15. The second kappa shape index (κ2) is 5.42. The van der Waals surface area contributed by atoms with Gasteiger partial charge in [0.2, 0.25) is 0 Å². The molecule has 1 heterocycles. The van der Waals surface area contributed by atoms with E-state index in [-0.39, 0.29) is 18.4 Å². The minimum atomic E-state index is 0. The quantitative estimate of drug-likeness (QED) is 0.843. The zero-order valence-electron chi connectivity index (χ0n) is 9.33. The van der Waals surface area contributed by atoms with E-state index in [0.29, 0.717) is 5.92 Å². The Morgan fingerprint density at radius 3 is 2.36 bits per heavy atom. The Bertz CT molecular complexity index is 263. The molecule has 1 rings (SSSR count). The maximum Gasteiger partial charge on any atom is 0.121 e. The Morgan fingerprint density at radius 1 is 1.43 bits per heavy atom. The van der Waals surface area contributed by atoms with Crippen molar-refractivity contribution in [1.29, 1.82) is 0 Å². The molecule has 82 valence electrons. The van der Waals surface area contributed by atoms with Crippen LogP contribution in [0.1, 0.15) is 43.4 Å². The number of aryl methyl sites for hydroxylation is 2. The van der Waals surface area contributed by atoms with E-state index in [2.05, 4.69) is 13.8 Å². The molecule has 0 saturated carbocycles. The third kappa shape index (κ3) is 2.76. The maximum absolute atomic E-state index is 6.04. The van der Waals surface area contributed by atoms with Gasteiger partial charge in [-0.2, -0.15) is 0 Å². The van der Waals surface area contributed by atoms with Crippen LogP contribution in [0, 0.1) is 19.8 Å². The van der Waals surface area contributed by atoms with Gasteiger partial charge in [0.25, 0.3) is 0 Å². The summed E-state index contributed by atoms with van der Waals surface area (Å²) in [4.78, 5) is 0. The molecule has 1 aromatic rings. The first-order valence-electron chi connectivity index (χ1n) is 4.88. The lowest BCUT2D eigenvalue weighted by molar-refractivity contribution is 0.368. The molecule has 0 radical (unpaired) electrons. The largest absolute Gasteiger partial charge is 0.464 e. The highest BCUT2D eigenvalue weighted by molar-refractivity contribution is 5.85. The summed E-state index contributed by atoms with van der Waals surface area (Å²) >= 11 is 0. The maximum atomic E-state index is 6.04. The molecule has 3 heteroatoms. The van der Waals surface area contributed by atoms with E-state index in [9.17, 15) is 0 Å². The van der Waals surface area contributed by atoms with Gasteiger partial charge in [-0.15, -0.1) is 12.4 Å². The molecule has 0 saturated heterocycles. The topological polar surface area (TPSA) is 39.2 Å². The van der Waals surface area contributed by atoms with E-state index in [4.69, 9.17) is 10.2 Å². The summed E-state index contributed by atoms with van der Waals surface area (Å²) in [6, 6.07) is 2.09. The van der Waals surface area contributed by atoms with Gasteiger partial charge in [0.05, 0.1) is 6.04 Å². The van der Waals surface area contributed by atoms with Gasteiger partial charge < -0.3 is 10.2 Å². The van der Waals surface area contributed by atoms with Crippen LogP contribution in [-0.2, 0) is 0 Å². The average molecular weight is 218 g/mol. The van der Waals surface area contributed by atoms with E-state index >= 15 is 0 Å². The van der Waals surface area contributed by atoms with E-state index in [1.165, 1.54) is 5.56 Å². The summed E-state index contributed by atoms with van der Waals surface area (Å²) in [7, 11) is 0. The van der Waals surface area contributed by atoms with Crippen molar-refractivity contribution in [3.8, 4) is 0 Å². The number of hydrogen-bond donors (Lipinski definition) is 1. The number of nitrogens with two attached hydrogens (primary N) is 1. The van der Waals surface area contributed by atoms with Crippen molar-refractivity contribution in [1.82, 2.24) is 0 Å². The summed E-state index contributed by atoms with van der Waals surface area (Å²) < 4.78 is 5.57. The standard InChI is InChI=1S/C11H19NO.ClH/c1-5-7(2)11(12)10-6-8(3)9(4)13-10;/h6-7,11H,5,12H2,1-4H3;1H/t7?,11-;/m0./s1. The van der Waals surface area contributed by atoms with Crippen LogP contribution in [0.3, 0.4) is 0 Å². The first-order valence-corrected chi connectivity index (χ1v) is 4.88. The molecule has 2 nitrogen and oxygen atoms in total. The van der Waals surface area contributed by atoms with Crippen molar-refractivity contribution in [2.75, 3.05) is 0 Å². The van der Waals surface area contributed by atoms with Crippen molar-refractivity contribution < 1.29 is 4.42 Å². The SMILES string of the molecule is CCC(C)[C@H](N)c1cc(C)c(C)o1.Cl. The van der Waals surface area contributed by atoms with Crippen molar-refractivity contribution in [3.05, 3.63) is 23.2 Å². The van der Waals surface area contributed by atoms with Crippen molar-refractivity contribution >= 4 is 12.4 Å². The average Bonchev–Trinajstić information content (AvgIpc) is 2.44. The van der Waals surface area contributed by atoms with Crippen LogP contribution in [0.25, 0.3) is 0 Å². The highest BCUT2D eigenvalue weighted by Crippen LogP contribution is 2.25. The van der Waals surface area contributed by atoms with Gasteiger partial charge in [0.1, 0.15) is 11.5 Å². The van der Waals surface area contributed by atoms with Gasteiger partial charge in [-0.3, -0.25) is 0 Å². The van der Waals surface area contributed by atoms with Crippen molar-refractivity contribution in [3.63, 3.8) is 0 Å². The molecule has 1 unspecified atom stereocenters. The van der Waals surface area contributed by atoms with Crippen LogP contribution >= 0.6 is 12.4 Å². The van der Waals surface area contributed by atoms with Crippen LogP contribution in [0.5, 0.6) is 0 Å². The monoisotopic (exact) mass is 217 g/mol. The molecule has 14 heavy (non-hydrogen) atoms. The molecule has 1 aromatic heterocycles. The molecular weight excluding hydrogens is 198 g/mol. The van der Waals surface area contributed by atoms with Crippen LogP contribution in [-0.4, -0.2) is 0 Å². The third-order valence-electron chi connectivity index (χ3n) is 2.77. The van der Waals surface area contributed by atoms with Gasteiger partial charge in [0.15, 0.2) is 0 Å². The minimum absolute atomic E-state index is 0. The molecule has 0 spiro atoms. The van der Waals surface area contributed by atoms with Gasteiger partial charge >= 0.3 is 0 Å². The Morgan fingerprint density at radius 2 is 2.00 bits per heavy atom. The number of halogens is 1. The van der Waals surface area contributed by atoms with E-state index in [1.54, 1.807) is 0 Å². The molecule has 2 N–H and O–H groups in total. The summed E-state index contributed by atoms with van der Waals surface area (Å²) in [5, 5.41) is 0. The fourth-order valence-electron chi connectivity index (χ4n) is 1.30. The normalized spacial score (nSPS) is 14.6. The summed E-state index contributed by atoms with van der Waals surface area (Å²) in [5.74, 6) is 2.38. The number of furan rings is 1. The summed E-state index contributed by atoms with van der Waals surface area (Å²) in [5.41, 5.74) is 7.23. The van der Waals surface area contributed by atoms with Gasteiger partial charge in [-0.25, -0.2) is 0 Å². The molecule has 0 aromatic carbocycles. The van der Waals surface area contributed by atoms with Gasteiger partial charge in [0, 0.05) is 0 Å². The lowest BCUT2D eigenvalue weighted by Crippen LogP contribution is -2.17. The molecule has 0 amide bonds. The minimum Gasteiger partial charge on any atom is -0.464 e. The predicted molar refractivity (Wildman–Crippen MR) is 61.8 cm³/mol. The second-order valence-corrected chi connectivity index (χ2v) is 3.80. The van der Waals surface area contributed by atoms with Gasteiger partial charge in [-0.05, 0) is 31.4 Å². The number of rotatable bonds is 3. The van der Waals surface area contributed by atoms with Crippen LogP contribution in [0.4, 0.5) is 0 Å². The Kier molecular flexibility index (Phi) is 5.24. The molecule has 0 fully saturated rings. The highest BCUT2D eigenvalue weighted by atomic mass is 35.5. The second-order valence-electron chi connectivity index (χ2n) is 3.80. The van der Waals surface area contributed by atoms with Crippen LogP contribution in [0.2, 0.25) is 0 Å². The molecule has 0 aliphatic carbocycles. The smallest absolute Gasteiger partial charge is 0.121 e. The first-order chi connectivity index (χ1) is 6.06. The fourth-order valence-corrected chi connectivity index (χ4v) is 1.30. The molecule has 0 aliphatic rings. The van der Waals surface area contributed by atoms with Crippen LogP contribution in [0.15, 0.2) is 10.5 Å². The zero-order valence-corrected chi connectivity index (χ0v) is 10.1. The van der Waals surface area contributed by atoms with Crippen LogP contribution < -0.4 is 5.73 Å². The van der Waals surface area contributed by atoms with Crippen molar-refractivity contribution in [2.24, 2.45) is 11.7 Å². The zero-order chi connectivity index (χ0) is 10.0. The summed E-state index contributed by atoms with van der Waals surface area (Å²) in [6.45, 7) is 8.32. The molecule has 2 atom stereocenters. The summed E-state index contributed by atoms with van der Waals surface area (Å²) in [6.07, 6.45) is 1.08. The van der Waals surface area contributed by atoms with Gasteiger partial charge in [-0.1, -0.05) is 20.3 Å². The fraction of sp³-hybridized carbons (Fsp3) is 0.636. The lowest BCUT2D eigenvalue weighted by atomic mass is 9.98. The molecular formula is C11H20ClNO. The van der Waals surface area contributed by atoms with E-state index < -0.39 is 0 Å². The van der Waals surface area contributed by atoms with E-state index in [1.807, 2.05) is 19.9 Å². The molecule has 0 bridgehead atoms. The molecule has 0 aliphatic heterocycles. The predicted octanol–water partition coefficient (Wildman–Crippen LogP) is 3.36. The van der Waals surface area contributed by atoms with Crippen molar-refractivity contribution in [2.45, 2.75) is 40.2 Å².